The Bertz CT molecular complexity index is 404. The lowest BCUT2D eigenvalue weighted by molar-refractivity contribution is -0.0706. The third-order valence-corrected chi connectivity index (χ3v) is 6.83. The topological polar surface area (TPSA) is 24.9 Å². The number of nitrogens with one attached hydrogen (secondary N) is 1. The van der Waals surface area contributed by atoms with Crippen molar-refractivity contribution in [1.82, 2.24) is 10.3 Å². The van der Waals surface area contributed by atoms with Crippen LogP contribution in [-0.2, 0) is 6.54 Å². The highest BCUT2D eigenvalue weighted by Crippen LogP contribution is 2.61. The minimum atomic E-state index is 0.617. The van der Waals surface area contributed by atoms with Crippen LogP contribution in [0, 0.1) is 23.2 Å². The average molecular weight is 276 g/mol. The van der Waals surface area contributed by atoms with Crippen molar-refractivity contribution in [3.05, 3.63) is 16.6 Å². The maximum absolute atomic E-state index is 4.39. The molecule has 4 aliphatic rings. The summed E-state index contributed by atoms with van der Waals surface area (Å²) >= 11 is 1.77. The molecule has 4 saturated carbocycles. The first-order valence-electron chi connectivity index (χ1n) is 7.85. The van der Waals surface area contributed by atoms with Crippen LogP contribution in [0.5, 0.6) is 0 Å². The van der Waals surface area contributed by atoms with Crippen molar-refractivity contribution in [3.8, 4) is 0 Å². The molecule has 104 valence electrons. The van der Waals surface area contributed by atoms with Gasteiger partial charge in [0.2, 0.25) is 0 Å². The van der Waals surface area contributed by atoms with E-state index in [9.17, 15) is 0 Å². The molecule has 5 rings (SSSR count). The first-order valence-corrected chi connectivity index (χ1v) is 8.73. The smallest absolute Gasteiger partial charge is 0.106 e. The second-order valence-corrected chi connectivity index (χ2v) is 8.29. The van der Waals surface area contributed by atoms with Crippen molar-refractivity contribution in [2.24, 2.45) is 23.2 Å². The molecule has 19 heavy (non-hydrogen) atoms. The van der Waals surface area contributed by atoms with Crippen molar-refractivity contribution in [2.45, 2.75) is 58.0 Å². The highest BCUT2D eigenvalue weighted by atomic mass is 32.1. The first kappa shape index (κ1) is 12.3. The van der Waals surface area contributed by atoms with Gasteiger partial charge in [0.15, 0.2) is 0 Å². The molecule has 1 unspecified atom stereocenters. The van der Waals surface area contributed by atoms with Gasteiger partial charge in [0, 0.05) is 24.2 Å². The number of rotatable bonds is 4. The Labute approximate surface area is 120 Å². The summed E-state index contributed by atoms with van der Waals surface area (Å²) < 4.78 is 0. The van der Waals surface area contributed by atoms with E-state index in [0.29, 0.717) is 11.5 Å². The van der Waals surface area contributed by atoms with Crippen LogP contribution in [0.15, 0.2) is 11.6 Å². The molecule has 0 radical (unpaired) electrons. The molecule has 1 N–H and O–H groups in total. The van der Waals surface area contributed by atoms with Gasteiger partial charge in [-0.2, -0.15) is 0 Å². The maximum atomic E-state index is 4.39. The third-order valence-electron chi connectivity index (χ3n) is 6.05. The summed E-state index contributed by atoms with van der Waals surface area (Å²) in [6.45, 7) is 3.39. The van der Waals surface area contributed by atoms with Crippen LogP contribution in [0.4, 0.5) is 0 Å². The molecule has 1 aromatic heterocycles. The van der Waals surface area contributed by atoms with Crippen LogP contribution in [0.3, 0.4) is 0 Å². The Morgan fingerprint density at radius 2 is 1.89 bits per heavy atom. The van der Waals surface area contributed by atoms with Crippen LogP contribution in [0.2, 0.25) is 0 Å². The van der Waals surface area contributed by atoms with Crippen molar-refractivity contribution < 1.29 is 0 Å². The van der Waals surface area contributed by atoms with Gasteiger partial charge in [-0.1, -0.05) is 0 Å². The minimum Gasteiger partial charge on any atom is -0.307 e. The SMILES string of the molecule is CC(NCc1nccs1)C12CC3CC(CC(C3)C1)C2. The van der Waals surface area contributed by atoms with Crippen LogP contribution in [0.25, 0.3) is 0 Å². The maximum Gasteiger partial charge on any atom is 0.106 e. The number of aromatic nitrogens is 1. The molecule has 4 bridgehead atoms. The number of thiazole rings is 1. The van der Waals surface area contributed by atoms with Gasteiger partial charge in [0.1, 0.15) is 5.01 Å². The molecule has 4 fully saturated rings. The average Bonchev–Trinajstić information content (AvgIpc) is 2.87. The minimum absolute atomic E-state index is 0.617. The van der Waals surface area contributed by atoms with E-state index < -0.39 is 0 Å². The largest absolute Gasteiger partial charge is 0.307 e. The first-order chi connectivity index (χ1) is 9.23. The fourth-order valence-electron chi connectivity index (χ4n) is 5.51. The van der Waals surface area contributed by atoms with E-state index in [1.807, 2.05) is 6.20 Å². The zero-order valence-electron chi connectivity index (χ0n) is 11.8. The molecular weight excluding hydrogens is 252 g/mol. The number of hydrogen-bond donors (Lipinski definition) is 1. The summed E-state index contributed by atoms with van der Waals surface area (Å²) in [5.74, 6) is 3.15. The fourth-order valence-corrected chi connectivity index (χ4v) is 6.07. The predicted molar refractivity (Wildman–Crippen MR) is 79.0 cm³/mol. The van der Waals surface area contributed by atoms with Gasteiger partial charge in [-0.25, -0.2) is 4.98 Å². The van der Waals surface area contributed by atoms with Gasteiger partial charge in [-0.15, -0.1) is 11.3 Å². The standard InChI is InChI=1S/C16H24N2S/c1-11(18-10-15-17-2-3-19-15)16-7-12-4-13(8-16)6-14(5-12)9-16/h2-3,11-14,18H,4-10H2,1H3. The zero-order chi connectivity index (χ0) is 12.9. The van der Waals surface area contributed by atoms with E-state index in [4.69, 9.17) is 0 Å². The normalized spacial score (nSPS) is 41.6. The van der Waals surface area contributed by atoms with Gasteiger partial charge >= 0.3 is 0 Å². The molecule has 0 aromatic carbocycles. The highest BCUT2D eigenvalue weighted by molar-refractivity contribution is 7.09. The van der Waals surface area contributed by atoms with E-state index in [0.717, 1.165) is 24.3 Å². The van der Waals surface area contributed by atoms with Crippen LogP contribution >= 0.6 is 11.3 Å². The van der Waals surface area contributed by atoms with Crippen molar-refractivity contribution in [3.63, 3.8) is 0 Å². The molecule has 4 aliphatic carbocycles. The Morgan fingerprint density at radius 3 is 2.42 bits per heavy atom. The van der Waals surface area contributed by atoms with Crippen molar-refractivity contribution in [2.75, 3.05) is 0 Å². The Balaban J connectivity index is 1.45. The van der Waals surface area contributed by atoms with Crippen molar-refractivity contribution in [1.29, 1.82) is 0 Å². The summed E-state index contributed by atoms with van der Waals surface area (Å²) in [5, 5.41) is 7.10. The predicted octanol–water partition coefficient (Wildman–Crippen LogP) is 3.84. The summed E-state index contributed by atoms with van der Waals surface area (Å²) in [6, 6.07) is 0.657. The van der Waals surface area contributed by atoms with E-state index in [2.05, 4.69) is 22.6 Å². The van der Waals surface area contributed by atoms with E-state index >= 15 is 0 Å². The van der Waals surface area contributed by atoms with Gasteiger partial charge in [0.05, 0.1) is 0 Å². The van der Waals surface area contributed by atoms with Gasteiger partial charge < -0.3 is 5.32 Å². The molecule has 1 aromatic rings. The quantitative estimate of drug-likeness (QED) is 0.904. The van der Waals surface area contributed by atoms with Crippen LogP contribution < -0.4 is 5.32 Å². The summed E-state index contributed by atoms with van der Waals surface area (Å²) in [5.41, 5.74) is 0.617. The molecule has 2 nitrogen and oxygen atoms in total. The lowest BCUT2D eigenvalue weighted by atomic mass is 9.48. The van der Waals surface area contributed by atoms with E-state index in [-0.39, 0.29) is 0 Å². The molecule has 0 aliphatic heterocycles. The van der Waals surface area contributed by atoms with Gasteiger partial charge in [0.25, 0.3) is 0 Å². The lowest BCUT2D eigenvalue weighted by Crippen LogP contribution is -2.54. The number of nitrogens with zero attached hydrogens (tertiary/aromatic N) is 1. The Hall–Kier alpha value is -0.410. The third kappa shape index (κ3) is 2.15. The van der Waals surface area contributed by atoms with Gasteiger partial charge in [-0.3, -0.25) is 0 Å². The van der Waals surface area contributed by atoms with Crippen molar-refractivity contribution >= 4 is 11.3 Å². The molecule has 1 atom stereocenters. The monoisotopic (exact) mass is 276 g/mol. The molecule has 0 amide bonds. The van der Waals surface area contributed by atoms with Crippen LogP contribution in [-0.4, -0.2) is 11.0 Å². The van der Waals surface area contributed by atoms with Crippen LogP contribution in [0.1, 0.15) is 50.5 Å². The molecular formula is C16H24N2S. The zero-order valence-corrected chi connectivity index (χ0v) is 12.6. The highest BCUT2D eigenvalue weighted by Gasteiger charge is 2.52. The van der Waals surface area contributed by atoms with E-state index in [1.54, 1.807) is 11.3 Å². The second kappa shape index (κ2) is 4.56. The Morgan fingerprint density at radius 1 is 1.26 bits per heavy atom. The molecule has 3 heteroatoms. The summed E-state index contributed by atoms with van der Waals surface area (Å²) in [4.78, 5) is 4.39. The summed E-state index contributed by atoms with van der Waals surface area (Å²) in [6.07, 6.45) is 11.0. The number of hydrogen-bond acceptors (Lipinski definition) is 3. The second-order valence-electron chi connectivity index (χ2n) is 7.31. The molecule has 0 saturated heterocycles. The Kier molecular flexibility index (Phi) is 2.96. The lowest BCUT2D eigenvalue weighted by Gasteiger charge is -2.59. The van der Waals surface area contributed by atoms with E-state index in [1.165, 1.54) is 43.5 Å². The fraction of sp³-hybridized carbons (Fsp3) is 0.812. The molecule has 0 spiro atoms. The molecule has 1 heterocycles. The van der Waals surface area contributed by atoms with Gasteiger partial charge in [-0.05, 0) is 68.6 Å². The summed E-state index contributed by atoms with van der Waals surface area (Å²) in [7, 11) is 0.